The normalized spacial score (nSPS) is 15.1. The second-order valence-electron chi connectivity index (χ2n) is 9.56. The maximum atomic E-state index is 13.0. The summed E-state index contributed by atoms with van der Waals surface area (Å²) in [5.41, 5.74) is -0.809. The molecule has 0 rings (SSSR count). The van der Waals surface area contributed by atoms with Gasteiger partial charge in [0.05, 0.1) is 0 Å². The highest BCUT2D eigenvalue weighted by Gasteiger charge is 2.35. The lowest BCUT2D eigenvalue weighted by atomic mass is 9.96. The Kier molecular flexibility index (Phi) is 12.7. The van der Waals surface area contributed by atoms with Crippen molar-refractivity contribution < 1.29 is 42.6 Å². The molecule has 4 N–H and O–H groups in total. The Hall–Kier alpha value is -2.79. The summed E-state index contributed by atoms with van der Waals surface area (Å²) in [6.45, 7) is 12.0. The highest BCUT2D eigenvalue weighted by atomic mass is 19.3. The molecule has 0 aliphatic rings. The summed E-state index contributed by atoms with van der Waals surface area (Å²) in [5, 5.41) is 15.9. The molecule has 196 valence electrons. The van der Waals surface area contributed by atoms with Crippen LogP contribution in [0.15, 0.2) is 0 Å². The summed E-state index contributed by atoms with van der Waals surface area (Å²) < 4.78 is 30.9. The van der Waals surface area contributed by atoms with Crippen molar-refractivity contribution in [2.75, 3.05) is 0 Å². The number of carboxylic acid groups (broad SMARTS) is 1. The van der Waals surface area contributed by atoms with Crippen LogP contribution in [0.1, 0.15) is 67.7 Å². The second kappa shape index (κ2) is 13.8. The first kappa shape index (κ1) is 31.2. The number of alkyl halides is 2. The SMILES string of the molecule is CC[C@@H](C)[C@H](NC(=O)OC(C)(C)C)C(=O)N[C@@H](CC(C)C)C(=O)NC(CC(F)F)C(=O)C(=O)O. The van der Waals surface area contributed by atoms with Gasteiger partial charge in [-0.25, -0.2) is 18.4 Å². The fourth-order valence-electron chi connectivity index (χ4n) is 2.93. The Bertz CT molecular complexity index is 739. The van der Waals surface area contributed by atoms with Crippen molar-refractivity contribution in [3.63, 3.8) is 0 Å². The van der Waals surface area contributed by atoms with E-state index in [2.05, 4.69) is 10.6 Å². The van der Waals surface area contributed by atoms with Gasteiger partial charge in [0.1, 0.15) is 23.7 Å². The minimum Gasteiger partial charge on any atom is -0.475 e. The fraction of sp³-hybridized carbons (Fsp3) is 0.773. The highest BCUT2D eigenvalue weighted by molar-refractivity contribution is 6.35. The molecule has 1 unspecified atom stereocenters. The Balaban J connectivity index is 5.69. The van der Waals surface area contributed by atoms with Crippen LogP contribution in [0.3, 0.4) is 0 Å². The lowest BCUT2D eigenvalue weighted by Gasteiger charge is -2.29. The summed E-state index contributed by atoms with van der Waals surface area (Å²) in [6, 6.07) is -4.29. The van der Waals surface area contributed by atoms with Crippen LogP contribution in [-0.2, 0) is 23.9 Å². The van der Waals surface area contributed by atoms with Crippen molar-refractivity contribution in [2.24, 2.45) is 11.8 Å². The first-order valence-electron chi connectivity index (χ1n) is 11.1. The summed E-state index contributed by atoms with van der Waals surface area (Å²) in [5.74, 6) is -5.74. The molecule has 0 aromatic rings. The van der Waals surface area contributed by atoms with Crippen LogP contribution in [0.2, 0.25) is 0 Å². The van der Waals surface area contributed by atoms with E-state index >= 15 is 0 Å². The molecule has 0 aromatic heterocycles. The molecule has 0 radical (unpaired) electrons. The van der Waals surface area contributed by atoms with Gasteiger partial charge in [-0.2, -0.15) is 0 Å². The van der Waals surface area contributed by atoms with Gasteiger partial charge in [-0.1, -0.05) is 34.1 Å². The number of carbonyl (C=O) groups excluding carboxylic acids is 4. The maximum absolute atomic E-state index is 13.0. The van der Waals surface area contributed by atoms with Gasteiger partial charge in [0.2, 0.25) is 18.2 Å². The van der Waals surface area contributed by atoms with E-state index in [0.717, 1.165) is 0 Å². The number of rotatable bonds is 13. The van der Waals surface area contributed by atoms with E-state index < -0.39 is 66.2 Å². The molecule has 10 nitrogen and oxygen atoms in total. The number of ketones is 1. The Labute approximate surface area is 198 Å². The molecular formula is C22H37F2N3O7. The van der Waals surface area contributed by atoms with Crippen LogP contribution in [0.5, 0.6) is 0 Å². The first-order chi connectivity index (χ1) is 15.5. The number of halogens is 2. The van der Waals surface area contributed by atoms with Gasteiger partial charge in [-0.15, -0.1) is 0 Å². The van der Waals surface area contributed by atoms with Gasteiger partial charge in [0, 0.05) is 6.42 Å². The molecule has 0 spiro atoms. The van der Waals surface area contributed by atoms with Crippen LogP contribution in [0.25, 0.3) is 0 Å². The van der Waals surface area contributed by atoms with Crippen molar-refractivity contribution in [1.29, 1.82) is 0 Å². The lowest BCUT2D eigenvalue weighted by molar-refractivity contribution is -0.151. The number of hydrogen-bond donors (Lipinski definition) is 4. The minimum atomic E-state index is -3.04. The van der Waals surface area contributed by atoms with Crippen LogP contribution in [-0.4, -0.2) is 64.9 Å². The largest absolute Gasteiger partial charge is 0.475 e. The van der Waals surface area contributed by atoms with E-state index in [0.29, 0.717) is 6.42 Å². The second-order valence-corrected chi connectivity index (χ2v) is 9.56. The number of alkyl carbamates (subject to hydrolysis) is 1. The fourth-order valence-corrected chi connectivity index (χ4v) is 2.93. The van der Waals surface area contributed by atoms with Crippen molar-refractivity contribution in [3.8, 4) is 0 Å². The third-order valence-corrected chi connectivity index (χ3v) is 4.77. The molecule has 34 heavy (non-hydrogen) atoms. The zero-order valence-corrected chi connectivity index (χ0v) is 20.7. The van der Waals surface area contributed by atoms with Crippen molar-refractivity contribution in [2.45, 2.75) is 97.9 Å². The number of nitrogens with one attached hydrogen (secondary N) is 3. The molecular weight excluding hydrogens is 456 g/mol. The standard InChI is InChI=1S/C22H37F2N3O7/c1-8-12(4)16(27-21(33)34-22(5,6)7)19(30)26-14(9-11(2)3)18(29)25-13(10-15(23)24)17(28)20(31)32/h11-16H,8-10H2,1-7H3,(H,25,29)(H,26,30)(H,27,33)(H,31,32)/t12-,13?,14+,16+/m1/s1. The van der Waals surface area contributed by atoms with Crippen molar-refractivity contribution in [3.05, 3.63) is 0 Å². The summed E-state index contributed by atoms with van der Waals surface area (Å²) in [7, 11) is 0. The van der Waals surface area contributed by atoms with Gasteiger partial charge < -0.3 is 25.8 Å². The molecule has 3 amide bonds. The van der Waals surface area contributed by atoms with E-state index in [1.54, 1.807) is 48.5 Å². The molecule has 0 saturated carbocycles. The Morgan fingerprint density at radius 2 is 1.41 bits per heavy atom. The lowest BCUT2D eigenvalue weighted by Crippen LogP contribution is -2.58. The molecule has 4 atom stereocenters. The van der Waals surface area contributed by atoms with Crippen molar-refractivity contribution >= 4 is 29.7 Å². The smallest absolute Gasteiger partial charge is 0.408 e. The van der Waals surface area contributed by atoms with Gasteiger partial charge >= 0.3 is 12.1 Å². The molecule has 0 heterocycles. The molecule has 0 saturated heterocycles. The van der Waals surface area contributed by atoms with Crippen molar-refractivity contribution in [1.82, 2.24) is 16.0 Å². The quantitative estimate of drug-likeness (QED) is 0.287. The van der Waals surface area contributed by atoms with Gasteiger partial charge in [-0.3, -0.25) is 14.4 Å². The topological polar surface area (TPSA) is 151 Å². The third-order valence-electron chi connectivity index (χ3n) is 4.77. The monoisotopic (exact) mass is 493 g/mol. The average Bonchev–Trinajstić information content (AvgIpc) is 2.67. The minimum absolute atomic E-state index is 0.0693. The summed E-state index contributed by atoms with van der Waals surface area (Å²) >= 11 is 0. The average molecular weight is 494 g/mol. The molecule has 0 aromatic carbocycles. The number of carbonyl (C=O) groups is 5. The van der Waals surface area contributed by atoms with Gasteiger partial charge in [-0.05, 0) is 39.0 Å². The first-order valence-corrected chi connectivity index (χ1v) is 11.1. The number of amides is 3. The Morgan fingerprint density at radius 1 is 0.882 bits per heavy atom. The molecule has 0 aliphatic carbocycles. The Morgan fingerprint density at radius 3 is 1.82 bits per heavy atom. The number of aliphatic carboxylic acids is 1. The van der Waals surface area contributed by atoms with Crippen LogP contribution >= 0.6 is 0 Å². The number of carboxylic acids is 1. The molecule has 0 fully saturated rings. The summed E-state index contributed by atoms with van der Waals surface area (Å²) in [6.07, 6.45) is -4.49. The predicted octanol–water partition coefficient (Wildman–Crippen LogP) is 2.25. The van der Waals surface area contributed by atoms with E-state index in [4.69, 9.17) is 9.84 Å². The van der Waals surface area contributed by atoms with E-state index in [-0.39, 0.29) is 18.3 Å². The number of hydrogen-bond acceptors (Lipinski definition) is 6. The zero-order chi connectivity index (χ0) is 26.8. The van der Waals surface area contributed by atoms with Crippen LogP contribution < -0.4 is 16.0 Å². The number of Topliss-reactive ketones (excluding diaryl/α,β-unsaturated/α-hetero) is 1. The number of ether oxygens (including phenoxy) is 1. The highest BCUT2D eigenvalue weighted by Crippen LogP contribution is 2.14. The zero-order valence-electron chi connectivity index (χ0n) is 20.7. The molecule has 0 bridgehead atoms. The molecule has 0 aliphatic heterocycles. The predicted molar refractivity (Wildman–Crippen MR) is 119 cm³/mol. The van der Waals surface area contributed by atoms with E-state index in [1.807, 2.05) is 5.32 Å². The van der Waals surface area contributed by atoms with Gasteiger partial charge in [0.15, 0.2) is 0 Å². The van der Waals surface area contributed by atoms with E-state index in [1.165, 1.54) is 0 Å². The maximum Gasteiger partial charge on any atom is 0.408 e. The van der Waals surface area contributed by atoms with Crippen LogP contribution in [0.4, 0.5) is 13.6 Å². The van der Waals surface area contributed by atoms with Gasteiger partial charge in [0.25, 0.3) is 5.78 Å². The summed E-state index contributed by atoms with van der Waals surface area (Å²) in [4.78, 5) is 60.7. The van der Waals surface area contributed by atoms with E-state index in [9.17, 15) is 32.8 Å². The third kappa shape index (κ3) is 11.9. The molecule has 12 heteroatoms. The van der Waals surface area contributed by atoms with Crippen LogP contribution in [0, 0.1) is 11.8 Å².